The molecule has 0 spiro atoms. The summed E-state index contributed by atoms with van der Waals surface area (Å²) < 4.78 is 0. The average Bonchev–Trinajstić information content (AvgIpc) is 2.63. The van der Waals surface area contributed by atoms with Crippen LogP contribution in [0.2, 0.25) is 0 Å². The number of hydrogen-bond donors (Lipinski definition) is 2. The van der Waals surface area contributed by atoms with Gasteiger partial charge in [0.2, 0.25) is 0 Å². The van der Waals surface area contributed by atoms with Gasteiger partial charge >= 0.3 is 0 Å². The number of rotatable bonds is 4. The molecular formula is C20H22N2O2. The molecule has 0 amide bonds. The molecular weight excluding hydrogens is 300 g/mol. The summed E-state index contributed by atoms with van der Waals surface area (Å²) >= 11 is 0. The molecule has 0 saturated heterocycles. The van der Waals surface area contributed by atoms with Gasteiger partial charge in [0.05, 0.1) is 0 Å². The number of carbonyl (C=O) groups excluding carboxylic acids is 2. The molecule has 2 aromatic rings. The predicted molar refractivity (Wildman–Crippen MR) is 94.2 cm³/mol. The molecule has 0 aliphatic heterocycles. The van der Waals surface area contributed by atoms with Crippen LogP contribution in [0.4, 0.5) is 0 Å². The number of ketones is 2. The lowest BCUT2D eigenvalue weighted by atomic mass is 9.77. The van der Waals surface area contributed by atoms with Crippen molar-refractivity contribution in [2.75, 3.05) is 0 Å². The Hall–Kier alpha value is -2.30. The van der Waals surface area contributed by atoms with E-state index in [1.807, 2.05) is 26.0 Å². The smallest absolute Gasteiger partial charge is 0.195 e. The van der Waals surface area contributed by atoms with E-state index < -0.39 is 0 Å². The molecule has 0 bridgehead atoms. The van der Waals surface area contributed by atoms with Crippen molar-refractivity contribution < 1.29 is 9.59 Å². The standard InChI is InChI=1S/C20H22N2O2/c1-3-15(21)11-7-5-9-13-17(11)20(24)18-12(16(22)4-2)8-6-10-14(18)19(13)23/h5-10,15-16H,3-4,21-22H2,1-2H3. The number of nitrogens with two attached hydrogens (primary N) is 2. The van der Waals surface area contributed by atoms with Crippen LogP contribution in [0.1, 0.15) is 81.7 Å². The van der Waals surface area contributed by atoms with Crippen molar-refractivity contribution in [1.82, 2.24) is 0 Å². The quantitative estimate of drug-likeness (QED) is 0.772. The predicted octanol–water partition coefficient (Wildman–Crippen LogP) is 3.28. The van der Waals surface area contributed by atoms with Gasteiger partial charge in [0, 0.05) is 34.3 Å². The van der Waals surface area contributed by atoms with E-state index >= 15 is 0 Å². The lowest BCUT2D eigenvalue weighted by Gasteiger charge is -2.25. The van der Waals surface area contributed by atoms with Crippen molar-refractivity contribution in [2.45, 2.75) is 38.8 Å². The van der Waals surface area contributed by atoms with Gasteiger partial charge in [-0.05, 0) is 24.0 Å². The molecule has 1 aliphatic carbocycles. The fourth-order valence-electron chi connectivity index (χ4n) is 3.35. The third-order valence-electron chi connectivity index (χ3n) is 4.82. The van der Waals surface area contributed by atoms with E-state index in [9.17, 15) is 9.59 Å². The molecule has 0 saturated carbocycles. The van der Waals surface area contributed by atoms with Gasteiger partial charge in [-0.25, -0.2) is 0 Å². The van der Waals surface area contributed by atoms with E-state index in [1.54, 1.807) is 24.3 Å². The average molecular weight is 322 g/mol. The van der Waals surface area contributed by atoms with Crippen LogP contribution in [0.5, 0.6) is 0 Å². The van der Waals surface area contributed by atoms with Crippen molar-refractivity contribution in [3.8, 4) is 0 Å². The minimum absolute atomic E-state index is 0.130. The van der Waals surface area contributed by atoms with Gasteiger partial charge in [0.1, 0.15) is 0 Å². The number of fused-ring (bicyclic) bond motifs is 2. The van der Waals surface area contributed by atoms with E-state index in [4.69, 9.17) is 11.5 Å². The highest BCUT2D eigenvalue weighted by Crippen LogP contribution is 2.35. The molecule has 0 fully saturated rings. The van der Waals surface area contributed by atoms with Gasteiger partial charge in [0.15, 0.2) is 11.6 Å². The minimum atomic E-state index is -0.273. The largest absolute Gasteiger partial charge is 0.324 e. The molecule has 1 aliphatic rings. The Labute approximate surface area is 141 Å². The molecule has 4 N–H and O–H groups in total. The van der Waals surface area contributed by atoms with Crippen LogP contribution in [-0.2, 0) is 0 Å². The van der Waals surface area contributed by atoms with Crippen molar-refractivity contribution in [3.63, 3.8) is 0 Å². The zero-order valence-corrected chi connectivity index (χ0v) is 14.0. The maximum Gasteiger partial charge on any atom is 0.195 e. The highest BCUT2D eigenvalue weighted by atomic mass is 16.1. The molecule has 24 heavy (non-hydrogen) atoms. The maximum atomic E-state index is 13.3. The molecule has 2 atom stereocenters. The van der Waals surface area contributed by atoms with E-state index in [1.165, 1.54) is 0 Å². The van der Waals surface area contributed by atoms with E-state index in [2.05, 4.69) is 0 Å². The third kappa shape index (κ3) is 2.39. The summed E-state index contributed by atoms with van der Waals surface area (Å²) in [5.74, 6) is -0.270. The molecule has 3 rings (SSSR count). The fourth-order valence-corrected chi connectivity index (χ4v) is 3.35. The first-order valence-corrected chi connectivity index (χ1v) is 8.37. The Morgan fingerprint density at radius 2 is 1.17 bits per heavy atom. The van der Waals surface area contributed by atoms with E-state index in [0.717, 1.165) is 11.1 Å². The summed E-state index contributed by atoms with van der Waals surface area (Å²) in [6.45, 7) is 3.93. The topological polar surface area (TPSA) is 86.2 Å². The summed E-state index contributed by atoms with van der Waals surface area (Å²) in [6.07, 6.45) is 1.39. The van der Waals surface area contributed by atoms with Gasteiger partial charge in [0.25, 0.3) is 0 Å². The normalized spacial score (nSPS) is 15.7. The van der Waals surface area contributed by atoms with Gasteiger partial charge in [-0.15, -0.1) is 0 Å². The Morgan fingerprint density at radius 3 is 1.54 bits per heavy atom. The molecule has 2 aromatic carbocycles. The molecule has 0 radical (unpaired) electrons. The summed E-state index contributed by atoms with van der Waals surface area (Å²) in [4.78, 5) is 26.2. The monoisotopic (exact) mass is 322 g/mol. The van der Waals surface area contributed by atoms with Crippen LogP contribution in [0.25, 0.3) is 0 Å². The molecule has 0 heterocycles. The van der Waals surface area contributed by atoms with Crippen LogP contribution in [0.15, 0.2) is 36.4 Å². The van der Waals surface area contributed by atoms with Crippen LogP contribution in [0, 0.1) is 0 Å². The van der Waals surface area contributed by atoms with Crippen molar-refractivity contribution in [3.05, 3.63) is 69.8 Å². The lowest BCUT2D eigenvalue weighted by molar-refractivity contribution is 0.0977. The molecule has 124 valence electrons. The van der Waals surface area contributed by atoms with Gasteiger partial charge in [-0.2, -0.15) is 0 Å². The van der Waals surface area contributed by atoms with Crippen LogP contribution in [0.3, 0.4) is 0 Å². The van der Waals surface area contributed by atoms with Gasteiger partial charge in [-0.1, -0.05) is 50.2 Å². The molecule has 4 heteroatoms. The van der Waals surface area contributed by atoms with Crippen molar-refractivity contribution >= 4 is 11.6 Å². The SMILES string of the molecule is CCC(N)c1cccc2c1C(=O)c1c(cccc1C(N)CC)C2=O. The minimum Gasteiger partial charge on any atom is -0.324 e. The third-order valence-corrected chi connectivity index (χ3v) is 4.82. The van der Waals surface area contributed by atoms with Gasteiger partial charge < -0.3 is 11.5 Å². The van der Waals surface area contributed by atoms with E-state index in [-0.39, 0.29) is 23.7 Å². The summed E-state index contributed by atoms with van der Waals surface area (Å²) in [5.41, 5.74) is 15.6. The molecule has 2 unspecified atom stereocenters. The Bertz CT molecular complexity index is 761. The van der Waals surface area contributed by atoms with Gasteiger partial charge in [-0.3, -0.25) is 9.59 Å². The summed E-state index contributed by atoms with van der Waals surface area (Å²) in [7, 11) is 0. The highest BCUT2D eigenvalue weighted by Gasteiger charge is 2.34. The zero-order chi connectivity index (χ0) is 17.4. The first kappa shape index (κ1) is 16.6. The molecule has 0 aromatic heterocycles. The second-order valence-corrected chi connectivity index (χ2v) is 6.23. The second-order valence-electron chi connectivity index (χ2n) is 6.23. The number of benzene rings is 2. The molecule has 4 nitrogen and oxygen atoms in total. The summed E-state index contributed by atoms with van der Waals surface area (Å²) in [6, 6.07) is 10.1. The van der Waals surface area contributed by atoms with E-state index in [0.29, 0.717) is 35.1 Å². The maximum absolute atomic E-state index is 13.3. The Balaban J connectivity index is 2.29. The number of hydrogen-bond acceptors (Lipinski definition) is 4. The zero-order valence-electron chi connectivity index (χ0n) is 14.0. The van der Waals surface area contributed by atoms with Crippen LogP contribution in [-0.4, -0.2) is 11.6 Å². The first-order chi connectivity index (χ1) is 11.5. The second kappa shape index (κ2) is 6.30. The number of carbonyl (C=O) groups is 2. The summed E-state index contributed by atoms with van der Waals surface area (Å²) in [5, 5.41) is 0. The lowest BCUT2D eigenvalue weighted by Crippen LogP contribution is -2.27. The first-order valence-electron chi connectivity index (χ1n) is 8.37. The Kier molecular flexibility index (Phi) is 4.35. The van der Waals surface area contributed by atoms with Crippen LogP contribution < -0.4 is 11.5 Å². The fraction of sp³-hybridized carbons (Fsp3) is 0.300. The van der Waals surface area contributed by atoms with Crippen LogP contribution >= 0.6 is 0 Å². The van der Waals surface area contributed by atoms with Crippen molar-refractivity contribution in [2.24, 2.45) is 11.5 Å². The van der Waals surface area contributed by atoms with Crippen molar-refractivity contribution in [1.29, 1.82) is 0 Å². The Morgan fingerprint density at radius 1 is 0.750 bits per heavy atom. The highest BCUT2D eigenvalue weighted by molar-refractivity contribution is 6.29.